The maximum atomic E-state index is 12.5. The molecule has 1 saturated carbocycles. The van der Waals surface area contributed by atoms with E-state index >= 15 is 0 Å². The number of aromatic nitrogens is 2. The molecule has 1 N–H and O–H groups in total. The van der Waals surface area contributed by atoms with E-state index in [1.165, 1.54) is 19.3 Å². The van der Waals surface area contributed by atoms with Crippen molar-refractivity contribution in [2.24, 2.45) is 13.0 Å². The average molecular weight is 356 g/mol. The first-order chi connectivity index (χ1) is 12.7. The Kier molecular flexibility index (Phi) is 5.22. The van der Waals surface area contributed by atoms with E-state index in [2.05, 4.69) is 27.9 Å². The van der Waals surface area contributed by atoms with Gasteiger partial charge in [-0.25, -0.2) is 4.98 Å². The van der Waals surface area contributed by atoms with Crippen LogP contribution in [0.2, 0.25) is 0 Å². The van der Waals surface area contributed by atoms with Crippen molar-refractivity contribution in [2.45, 2.75) is 38.6 Å². The van der Waals surface area contributed by atoms with Gasteiger partial charge in [0.2, 0.25) is 5.91 Å². The van der Waals surface area contributed by atoms with Crippen LogP contribution in [0.3, 0.4) is 0 Å². The summed E-state index contributed by atoms with van der Waals surface area (Å²) in [6, 6.07) is 6.05. The predicted molar refractivity (Wildman–Crippen MR) is 102 cm³/mol. The number of anilines is 1. The van der Waals surface area contributed by atoms with E-state index in [9.17, 15) is 4.79 Å². The van der Waals surface area contributed by atoms with Crippen LogP contribution in [0.15, 0.2) is 18.2 Å². The number of benzene rings is 1. The Labute approximate surface area is 154 Å². The van der Waals surface area contributed by atoms with Gasteiger partial charge in [0.05, 0.1) is 30.8 Å². The number of aryl methyl sites for hydroxylation is 1. The minimum Gasteiger partial charge on any atom is -0.379 e. The van der Waals surface area contributed by atoms with Crippen molar-refractivity contribution in [1.82, 2.24) is 14.5 Å². The fourth-order valence-corrected chi connectivity index (χ4v) is 4.04. The number of carbonyl (C=O) groups is 1. The minimum absolute atomic E-state index is 0.161. The zero-order valence-corrected chi connectivity index (χ0v) is 15.5. The highest BCUT2D eigenvalue weighted by atomic mass is 16.5. The average Bonchev–Trinajstić information content (AvgIpc) is 2.98. The van der Waals surface area contributed by atoms with Crippen LogP contribution in [0.25, 0.3) is 11.0 Å². The first-order valence-corrected chi connectivity index (χ1v) is 9.77. The number of morpholine rings is 1. The highest BCUT2D eigenvalue weighted by Crippen LogP contribution is 2.26. The maximum absolute atomic E-state index is 12.5. The molecule has 0 radical (unpaired) electrons. The van der Waals surface area contributed by atoms with Gasteiger partial charge in [-0.15, -0.1) is 0 Å². The number of hydrogen-bond acceptors (Lipinski definition) is 4. The van der Waals surface area contributed by atoms with Crippen LogP contribution in [0.5, 0.6) is 0 Å². The molecule has 1 aromatic heterocycles. The summed E-state index contributed by atoms with van der Waals surface area (Å²) >= 11 is 0. The van der Waals surface area contributed by atoms with E-state index in [4.69, 9.17) is 9.72 Å². The summed E-state index contributed by atoms with van der Waals surface area (Å²) in [5.41, 5.74) is 2.89. The number of carbonyl (C=O) groups excluding carboxylic acids is 1. The Morgan fingerprint density at radius 2 is 2.00 bits per heavy atom. The molecule has 140 valence electrons. The first kappa shape index (κ1) is 17.5. The molecule has 0 atom stereocenters. The Balaban J connectivity index is 1.48. The van der Waals surface area contributed by atoms with Crippen molar-refractivity contribution in [3.8, 4) is 0 Å². The van der Waals surface area contributed by atoms with E-state index in [0.29, 0.717) is 0 Å². The highest BCUT2D eigenvalue weighted by molar-refractivity contribution is 5.94. The fourth-order valence-electron chi connectivity index (χ4n) is 4.04. The number of imidazole rings is 1. The minimum atomic E-state index is 0.161. The topological polar surface area (TPSA) is 59.4 Å². The van der Waals surface area contributed by atoms with Crippen molar-refractivity contribution in [3.05, 3.63) is 24.0 Å². The van der Waals surface area contributed by atoms with Crippen molar-refractivity contribution in [2.75, 3.05) is 31.6 Å². The first-order valence-electron chi connectivity index (χ1n) is 9.77. The summed E-state index contributed by atoms with van der Waals surface area (Å²) in [4.78, 5) is 19.7. The monoisotopic (exact) mass is 356 g/mol. The van der Waals surface area contributed by atoms with Gasteiger partial charge >= 0.3 is 0 Å². The molecule has 1 aromatic carbocycles. The standard InChI is InChI=1S/C20H28N4O2/c1-23-18-8-7-16(21-20(25)15-5-3-2-4-6-15)13-17(18)22-19(23)14-24-9-11-26-12-10-24/h7-8,13,15H,2-6,9-12,14H2,1H3,(H,21,25). The largest absolute Gasteiger partial charge is 0.379 e. The summed E-state index contributed by atoms with van der Waals surface area (Å²) in [6.45, 7) is 4.32. The van der Waals surface area contributed by atoms with Crippen molar-refractivity contribution < 1.29 is 9.53 Å². The van der Waals surface area contributed by atoms with Crippen LogP contribution in [-0.4, -0.2) is 46.7 Å². The molecular formula is C20H28N4O2. The summed E-state index contributed by atoms with van der Waals surface area (Å²) < 4.78 is 7.57. The zero-order valence-electron chi connectivity index (χ0n) is 15.5. The van der Waals surface area contributed by atoms with Crippen LogP contribution in [0.1, 0.15) is 37.9 Å². The van der Waals surface area contributed by atoms with Crippen molar-refractivity contribution >= 4 is 22.6 Å². The molecule has 2 aliphatic rings. The number of nitrogens with one attached hydrogen (secondary N) is 1. The molecular weight excluding hydrogens is 328 g/mol. The number of hydrogen-bond donors (Lipinski definition) is 1. The van der Waals surface area contributed by atoms with E-state index in [1.54, 1.807) is 0 Å². The molecule has 26 heavy (non-hydrogen) atoms. The van der Waals surface area contributed by atoms with E-state index in [0.717, 1.165) is 68.2 Å². The molecule has 2 aromatic rings. The van der Waals surface area contributed by atoms with Crippen LogP contribution >= 0.6 is 0 Å². The van der Waals surface area contributed by atoms with Gasteiger partial charge in [-0.2, -0.15) is 0 Å². The molecule has 0 spiro atoms. The molecule has 0 unspecified atom stereocenters. The van der Waals surface area contributed by atoms with Crippen molar-refractivity contribution in [3.63, 3.8) is 0 Å². The molecule has 4 rings (SSSR count). The normalized spacial score (nSPS) is 19.7. The SMILES string of the molecule is Cn1c(CN2CCOCC2)nc2cc(NC(=O)C3CCCCC3)ccc21. The van der Waals surface area contributed by atoms with Crippen LogP contribution in [-0.2, 0) is 23.1 Å². The second-order valence-corrected chi connectivity index (χ2v) is 7.50. The summed E-state index contributed by atoms with van der Waals surface area (Å²) in [5, 5.41) is 3.10. The van der Waals surface area contributed by atoms with Gasteiger partial charge in [0.15, 0.2) is 0 Å². The molecule has 0 bridgehead atoms. The third-order valence-corrected chi connectivity index (χ3v) is 5.69. The number of ether oxygens (including phenoxy) is 1. The van der Waals surface area contributed by atoms with Gasteiger partial charge in [-0.05, 0) is 31.0 Å². The predicted octanol–water partition coefficient (Wildman–Crippen LogP) is 2.92. The molecule has 2 fully saturated rings. The van der Waals surface area contributed by atoms with Gasteiger partial charge in [-0.3, -0.25) is 9.69 Å². The molecule has 1 amide bonds. The van der Waals surface area contributed by atoms with Gasteiger partial charge in [0.25, 0.3) is 0 Å². The number of nitrogens with zero attached hydrogens (tertiary/aromatic N) is 3. The van der Waals surface area contributed by atoms with E-state index in [1.807, 2.05) is 12.1 Å². The Morgan fingerprint density at radius 1 is 1.23 bits per heavy atom. The lowest BCUT2D eigenvalue weighted by molar-refractivity contribution is -0.120. The van der Waals surface area contributed by atoms with Crippen LogP contribution in [0.4, 0.5) is 5.69 Å². The molecule has 1 aliphatic heterocycles. The van der Waals surface area contributed by atoms with Gasteiger partial charge in [0.1, 0.15) is 5.82 Å². The number of rotatable bonds is 4. The van der Waals surface area contributed by atoms with Crippen LogP contribution < -0.4 is 5.32 Å². The van der Waals surface area contributed by atoms with Gasteiger partial charge < -0.3 is 14.6 Å². The third kappa shape index (κ3) is 3.76. The highest BCUT2D eigenvalue weighted by Gasteiger charge is 2.21. The quantitative estimate of drug-likeness (QED) is 0.915. The number of amides is 1. The van der Waals surface area contributed by atoms with E-state index in [-0.39, 0.29) is 11.8 Å². The van der Waals surface area contributed by atoms with E-state index < -0.39 is 0 Å². The lowest BCUT2D eigenvalue weighted by atomic mass is 9.88. The Bertz CT molecular complexity index is 773. The maximum Gasteiger partial charge on any atom is 0.227 e. The Morgan fingerprint density at radius 3 is 2.77 bits per heavy atom. The molecule has 2 heterocycles. The molecule has 6 nitrogen and oxygen atoms in total. The van der Waals surface area contributed by atoms with Gasteiger partial charge in [-0.1, -0.05) is 19.3 Å². The zero-order chi connectivity index (χ0) is 17.9. The molecule has 6 heteroatoms. The second-order valence-electron chi connectivity index (χ2n) is 7.50. The molecule has 1 aliphatic carbocycles. The lowest BCUT2D eigenvalue weighted by Crippen LogP contribution is -2.36. The third-order valence-electron chi connectivity index (χ3n) is 5.69. The van der Waals surface area contributed by atoms with Gasteiger partial charge in [0, 0.05) is 31.7 Å². The van der Waals surface area contributed by atoms with Crippen LogP contribution in [0, 0.1) is 5.92 Å². The Hall–Kier alpha value is -1.92. The van der Waals surface area contributed by atoms with Crippen molar-refractivity contribution in [1.29, 1.82) is 0 Å². The summed E-state index contributed by atoms with van der Waals surface area (Å²) in [7, 11) is 2.06. The lowest BCUT2D eigenvalue weighted by Gasteiger charge is -2.26. The summed E-state index contributed by atoms with van der Waals surface area (Å²) in [6.07, 6.45) is 5.63. The fraction of sp³-hybridized carbons (Fsp3) is 0.600. The summed E-state index contributed by atoms with van der Waals surface area (Å²) in [5.74, 6) is 1.38. The number of fused-ring (bicyclic) bond motifs is 1. The smallest absolute Gasteiger partial charge is 0.227 e. The second kappa shape index (κ2) is 7.76. The molecule has 1 saturated heterocycles.